The van der Waals surface area contributed by atoms with E-state index in [-0.39, 0.29) is 0 Å². The van der Waals surface area contributed by atoms with Crippen molar-refractivity contribution >= 4 is 15.7 Å². The summed E-state index contributed by atoms with van der Waals surface area (Å²) in [4.78, 5) is 2.70. The molecule has 1 saturated heterocycles. The molecule has 0 N–H and O–H groups in total. The van der Waals surface area contributed by atoms with E-state index in [0.717, 1.165) is 25.1 Å². The van der Waals surface area contributed by atoms with Gasteiger partial charge in [0.15, 0.2) is 0 Å². The van der Waals surface area contributed by atoms with Gasteiger partial charge < -0.3 is 4.90 Å². The van der Waals surface area contributed by atoms with Gasteiger partial charge in [-0.15, -0.1) is 0 Å². The Morgan fingerprint density at radius 1 is 0.880 bits per heavy atom. The van der Waals surface area contributed by atoms with E-state index >= 15 is 0 Å². The number of benzene rings is 2. The fraction of sp³-hybridized carbons (Fsp3) is 0.400. The zero-order valence-corrected chi connectivity index (χ0v) is 16.0. The third-order valence-corrected chi connectivity index (χ3v) is 6.88. The molecule has 5 heteroatoms. The van der Waals surface area contributed by atoms with E-state index in [4.69, 9.17) is 0 Å². The fourth-order valence-corrected chi connectivity index (χ4v) is 4.92. The Morgan fingerprint density at radius 2 is 1.44 bits per heavy atom. The van der Waals surface area contributed by atoms with Crippen LogP contribution < -0.4 is 4.90 Å². The van der Waals surface area contributed by atoms with Crippen molar-refractivity contribution in [2.45, 2.75) is 32.1 Å². The summed E-state index contributed by atoms with van der Waals surface area (Å²) in [5.74, 6) is 0. The number of para-hydroxylation sites is 1. The highest BCUT2D eigenvalue weighted by Gasteiger charge is 2.29. The zero-order chi connectivity index (χ0) is 18.0. The Kier molecular flexibility index (Phi) is 5.16. The number of aryl methyl sites for hydroxylation is 3. The van der Waals surface area contributed by atoms with Crippen molar-refractivity contribution in [1.82, 2.24) is 4.31 Å². The third-order valence-electron chi connectivity index (χ3n) is 4.96. The summed E-state index contributed by atoms with van der Waals surface area (Å²) < 4.78 is 27.4. The average molecular weight is 359 g/mol. The summed E-state index contributed by atoms with van der Waals surface area (Å²) in [6.45, 7) is 8.77. The monoisotopic (exact) mass is 358 g/mol. The minimum absolute atomic E-state index is 0.394. The molecule has 0 aliphatic carbocycles. The van der Waals surface area contributed by atoms with Gasteiger partial charge in [-0.3, -0.25) is 0 Å². The van der Waals surface area contributed by atoms with Crippen LogP contribution in [0.15, 0.2) is 47.4 Å². The van der Waals surface area contributed by atoms with Crippen LogP contribution in [0.3, 0.4) is 0 Å². The minimum atomic E-state index is -3.41. The molecule has 1 heterocycles. The van der Waals surface area contributed by atoms with Gasteiger partial charge in [-0.1, -0.05) is 37.3 Å². The van der Waals surface area contributed by atoms with E-state index in [2.05, 4.69) is 43.9 Å². The highest BCUT2D eigenvalue weighted by atomic mass is 32.2. The summed E-state index contributed by atoms with van der Waals surface area (Å²) in [6, 6.07) is 13.5. The van der Waals surface area contributed by atoms with Gasteiger partial charge in [-0.2, -0.15) is 4.31 Å². The summed E-state index contributed by atoms with van der Waals surface area (Å²) in [7, 11) is -3.41. The Bertz CT molecular complexity index is 816. The number of anilines is 1. The molecule has 1 aliphatic rings. The molecule has 0 unspecified atom stereocenters. The van der Waals surface area contributed by atoms with Gasteiger partial charge in [-0.05, 0) is 49.1 Å². The molecule has 2 aromatic carbocycles. The first-order valence-electron chi connectivity index (χ1n) is 8.83. The van der Waals surface area contributed by atoms with E-state index in [1.54, 1.807) is 16.4 Å². The van der Waals surface area contributed by atoms with Crippen LogP contribution in [0.25, 0.3) is 0 Å². The van der Waals surface area contributed by atoms with Crippen molar-refractivity contribution < 1.29 is 8.42 Å². The van der Waals surface area contributed by atoms with E-state index in [1.807, 2.05) is 12.1 Å². The Labute approximate surface area is 151 Å². The molecule has 0 amide bonds. The van der Waals surface area contributed by atoms with Crippen LogP contribution in [-0.4, -0.2) is 38.9 Å². The zero-order valence-electron chi connectivity index (χ0n) is 15.2. The second kappa shape index (κ2) is 7.18. The van der Waals surface area contributed by atoms with Crippen molar-refractivity contribution in [3.63, 3.8) is 0 Å². The van der Waals surface area contributed by atoms with Crippen LogP contribution in [0.4, 0.5) is 5.69 Å². The molecule has 134 valence electrons. The van der Waals surface area contributed by atoms with Crippen LogP contribution >= 0.6 is 0 Å². The third kappa shape index (κ3) is 3.58. The lowest BCUT2D eigenvalue weighted by Gasteiger charge is -2.36. The van der Waals surface area contributed by atoms with Crippen LogP contribution in [-0.2, 0) is 16.4 Å². The van der Waals surface area contributed by atoms with Crippen LogP contribution in [0.5, 0.6) is 0 Å². The summed E-state index contributed by atoms with van der Waals surface area (Å²) in [6.07, 6.45) is 0.911. The highest BCUT2D eigenvalue weighted by molar-refractivity contribution is 7.89. The summed E-state index contributed by atoms with van der Waals surface area (Å²) in [5.41, 5.74) is 4.88. The molecule has 4 nitrogen and oxygen atoms in total. The lowest BCUT2D eigenvalue weighted by atomic mass is 10.1. The molecule has 0 spiro atoms. The highest BCUT2D eigenvalue weighted by Crippen LogP contribution is 2.27. The Hall–Kier alpha value is -1.85. The van der Waals surface area contributed by atoms with Gasteiger partial charge in [-0.25, -0.2) is 8.42 Å². The van der Waals surface area contributed by atoms with Crippen LogP contribution in [0.2, 0.25) is 0 Å². The molecule has 25 heavy (non-hydrogen) atoms. The molecule has 2 aromatic rings. The second-order valence-electron chi connectivity index (χ2n) is 6.63. The van der Waals surface area contributed by atoms with Crippen LogP contribution in [0.1, 0.15) is 23.6 Å². The van der Waals surface area contributed by atoms with Crippen molar-refractivity contribution in [1.29, 1.82) is 0 Å². The average Bonchev–Trinajstić information content (AvgIpc) is 2.62. The first kappa shape index (κ1) is 18.0. The predicted molar refractivity (Wildman–Crippen MR) is 103 cm³/mol. The normalized spacial score (nSPS) is 16.2. The molecular weight excluding hydrogens is 332 g/mol. The maximum atomic E-state index is 12.9. The number of hydrogen-bond acceptors (Lipinski definition) is 3. The van der Waals surface area contributed by atoms with Gasteiger partial charge >= 0.3 is 0 Å². The first-order chi connectivity index (χ1) is 11.9. The van der Waals surface area contributed by atoms with Crippen LogP contribution in [0, 0.1) is 13.8 Å². The molecule has 0 bridgehead atoms. The molecule has 0 aromatic heterocycles. The van der Waals surface area contributed by atoms with Crippen molar-refractivity contribution in [3.05, 3.63) is 59.2 Å². The lowest BCUT2D eigenvalue weighted by molar-refractivity contribution is 0.384. The van der Waals surface area contributed by atoms with Crippen molar-refractivity contribution in [2.24, 2.45) is 0 Å². The quantitative estimate of drug-likeness (QED) is 0.841. The van der Waals surface area contributed by atoms with Gasteiger partial charge in [0.1, 0.15) is 0 Å². The van der Waals surface area contributed by atoms with E-state index in [0.29, 0.717) is 18.0 Å². The number of nitrogens with zero attached hydrogens (tertiary/aromatic N) is 2. The molecule has 0 saturated carbocycles. The Morgan fingerprint density at radius 3 is 1.96 bits per heavy atom. The second-order valence-corrected chi connectivity index (χ2v) is 8.57. The Balaban J connectivity index is 1.75. The smallest absolute Gasteiger partial charge is 0.243 e. The molecule has 0 atom stereocenters. The van der Waals surface area contributed by atoms with Crippen molar-refractivity contribution in [3.8, 4) is 0 Å². The predicted octanol–water partition coefficient (Wildman–Crippen LogP) is 3.38. The molecule has 3 rings (SSSR count). The van der Waals surface area contributed by atoms with Gasteiger partial charge in [0.25, 0.3) is 0 Å². The number of rotatable bonds is 4. The van der Waals surface area contributed by atoms with E-state index in [9.17, 15) is 8.42 Å². The number of piperazine rings is 1. The molecular formula is C20H26N2O2S. The number of sulfonamides is 1. The molecule has 1 fully saturated rings. The maximum absolute atomic E-state index is 12.9. The fourth-order valence-electron chi connectivity index (χ4n) is 3.50. The molecule has 0 radical (unpaired) electrons. The summed E-state index contributed by atoms with van der Waals surface area (Å²) in [5, 5.41) is 0. The van der Waals surface area contributed by atoms with Crippen molar-refractivity contribution in [2.75, 3.05) is 31.1 Å². The van der Waals surface area contributed by atoms with Gasteiger partial charge in [0.05, 0.1) is 4.90 Å². The van der Waals surface area contributed by atoms with Gasteiger partial charge in [0.2, 0.25) is 10.0 Å². The topological polar surface area (TPSA) is 40.6 Å². The summed E-state index contributed by atoms with van der Waals surface area (Å²) >= 11 is 0. The maximum Gasteiger partial charge on any atom is 0.243 e. The SMILES string of the molecule is CCc1ccc(S(=O)(=O)N2CCN(c3c(C)cccc3C)CC2)cc1. The largest absolute Gasteiger partial charge is 0.368 e. The number of hydrogen-bond donors (Lipinski definition) is 0. The minimum Gasteiger partial charge on any atom is -0.368 e. The van der Waals surface area contributed by atoms with Gasteiger partial charge in [0, 0.05) is 31.9 Å². The standard InChI is InChI=1S/C20H26N2O2S/c1-4-18-8-10-19(11-9-18)25(23,24)22-14-12-21(13-15-22)20-16(2)6-5-7-17(20)3/h5-11H,4,12-15H2,1-3H3. The van der Waals surface area contributed by atoms with E-state index < -0.39 is 10.0 Å². The first-order valence-corrected chi connectivity index (χ1v) is 10.3. The lowest BCUT2D eigenvalue weighted by Crippen LogP contribution is -2.49. The molecule has 1 aliphatic heterocycles. The van der Waals surface area contributed by atoms with E-state index in [1.165, 1.54) is 16.8 Å².